The highest BCUT2D eigenvalue weighted by Crippen LogP contribution is 2.42. The van der Waals surface area contributed by atoms with Gasteiger partial charge in [-0.05, 0) is 42.8 Å². The summed E-state index contributed by atoms with van der Waals surface area (Å²) >= 11 is 7.71. The number of fused-ring (bicyclic) bond motifs is 1. The number of aromatic nitrogens is 1. The van der Waals surface area contributed by atoms with Gasteiger partial charge in [-0.3, -0.25) is 0 Å². The van der Waals surface area contributed by atoms with Gasteiger partial charge in [-0.15, -0.1) is 11.8 Å². The lowest BCUT2D eigenvalue weighted by Crippen LogP contribution is -2.15. The van der Waals surface area contributed by atoms with Gasteiger partial charge in [-0.25, -0.2) is 4.79 Å². The topological polar surface area (TPSA) is 40.5 Å². The first-order chi connectivity index (χ1) is 13.7. The van der Waals surface area contributed by atoms with Crippen LogP contribution in [0.2, 0.25) is 5.02 Å². The molecule has 0 aliphatic rings. The van der Waals surface area contributed by atoms with Crippen LogP contribution in [0.15, 0.2) is 47.4 Å². The molecule has 3 rings (SSSR count). The van der Waals surface area contributed by atoms with Crippen LogP contribution in [0.5, 0.6) is 5.75 Å². The molecule has 6 heteroatoms. The van der Waals surface area contributed by atoms with E-state index in [4.69, 9.17) is 21.1 Å². The number of nitrogens with zero attached hydrogens (tertiary/aromatic N) is 1. The van der Waals surface area contributed by atoms with E-state index in [2.05, 4.69) is 20.8 Å². The molecular formula is C23H26ClNO3S. The molecule has 4 nitrogen and oxygen atoms in total. The van der Waals surface area contributed by atoms with E-state index in [1.807, 2.05) is 54.0 Å². The van der Waals surface area contributed by atoms with Crippen molar-refractivity contribution in [2.75, 3.05) is 13.7 Å². The standard InChI is InChI=1S/C23H26ClNO3S/c1-6-28-22(26)20-21(29-23(2,3)4)18-13-17(27-5)11-12-19(18)25(20)14-15-7-9-16(24)10-8-15/h7-13H,6,14H2,1-5H3. The molecule has 3 aromatic rings. The number of halogens is 1. The zero-order valence-electron chi connectivity index (χ0n) is 17.4. The Labute approximate surface area is 181 Å². The molecule has 0 radical (unpaired) electrons. The van der Waals surface area contributed by atoms with Crippen LogP contribution in [-0.2, 0) is 11.3 Å². The van der Waals surface area contributed by atoms with Crippen LogP contribution in [0.25, 0.3) is 10.9 Å². The Balaban J connectivity index is 2.26. The van der Waals surface area contributed by atoms with Gasteiger partial charge in [0.25, 0.3) is 0 Å². The number of benzene rings is 2. The maximum absolute atomic E-state index is 13.0. The Hall–Kier alpha value is -2.11. The third-order valence-corrected chi connectivity index (χ3v) is 5.84. The summed E-state index contributed by atoms with van der Waals surface area (Å²) in [5.74, 6) is 0.440. The Morgan fingerprint density at radius 1 is 1.14 bits per heavy atom. The molecule has 154 valence electrons. The summed E-state index contributed by atoms with van der Waals surface area (Å²) in [5, 5.41) is 1.67. The SMILES string of the molecule is CCOC(=O)c1c(SC(C)(C)C)c2cc(OC)ccc2n1Cc1ccc(Cl)cc1. The number of carbonyl (C=O) groups excluding carboxylic acids is 1. The molecule has 0 aliphatic carbocycles. The van der Waals surface area contributed by atoms with Gasteiger partial charge >= 0.3 is 5.97 Å². The number of thioether (sulfide) groups is 1. The van der Waals surface area contributed by atoms with Crippen LogP contribution in [0, 0.1) is 0 Å². The third-order valence-electron chi connectivity index (χ3n) is 4.36. The maximum Gasteiger partial charge on any atom is 0.356 e. The Morgan fingerprint density at radius 2 is 1.83 bits per heavy atom. The molecule has 0 atom stereocenters. The minimum Gasteiger partial charge on any atom is -0.497 e. The second-order valence-electron chi connectivity index (χ2n) is 7.71. The van der Waals surface area contributed by atoms with Gasteiger partial charge in [0.05, 0.1) is 19.2 Å². The van der Waals surface area contributed by atoms with Crippen molar-refractivity contribution >= 4 is 40.2 Å². The Kier molecular flexibility index (Phi) is 6.49. The van der Waals surface area contributed by atoms with Gasteiger partial charge in [-0.1, -0.05) is 44.5 Å². The number of carbonyl (C=O) groups is 1. The minimum absolute atomic E-state index is 0.0797. The maximum atomic E-state index is 13.0. The lowest BCUT2D eigenvalue weighted by molar-refractivity contribution is 0.0510. The van der Waals surface area contributed by atoms with E-state index in [0.717, 1.165) is 27.1 Å². The fraction of sp³-hybridized carbons (Fsp3) is 0.348. The average molecular weight is 432 g/mol. The lowest BCUT2D eigenvalue weighted by atomic mass is 10.2. The molecule has 0 N–H and O–H groups in total. The number of hydrogen-bond donors (Lipinski definition) is 0. The largest absolute Gasteiger partial charge is 0.497 e. The van der Waals surface area contributed by atoms with Crippen LogP contribution in [0.4, 0.5) is 0 Å². The predicted molar refractivity (Wildman–Crippen MR) is 121 cm³/mol. The van der Waals surface area contributed by atoms with Crippen molar-refractivity contribution in [3.05, 3.63) is 58.7 Å². The fourth-order valence-corrected chi connectivity index (χ4v) is 4.48. The molecule has 0 saturated carbocycles. The number of ether oxygens (including phenoxy) is 2. The first-order valence-electron chi connectivity index (χ1n) is 9.54. The summed E-state index contributed by atoms with van der Waals surface area (Å²) in [6, 6.07) is 13.6. The second-order valence-corrected chi connectivity index (χ2v) is 9.98. The zero-order chi connectivity index (χ0) is 21.2. The third kappa shape index (κ3) is 4.90. The van der Waals surface area contributed by atoms with E-state index in [-0.39, 0.29) is 10.7 Å². The molecular weight excluding hydrogens is 406 g/mol. The van der Waals surface area contributed by atoms with Crippen molar-refractivity contribution in [2.45, 2.75) is 43.9 Å². The molecule has 29 heavy (non-hydrogen) atoms. The van der Waals surface area contributed by atoms with Crippen LogP contribution < -0.4 is 4.74 Å². The molecule has 0 amide bonds. The summed E-state index contributed by atoms with van der Waals surface area (Å²) in [4.78, 5) is 13.9. The highest BCUT2D eigenvalue weighted by Gasteiger charge is 2.28. The van der Waals surface area contributed by atoms with E-state index in [9.17, 15) is 4.79 Å². The van der Waals surface area contributed by atoms with Crippen molar-refractivity contribution < 1.29 is 14.3 Å². The normalized spacial score (nSPS) is 11.7. The molecule has 0 bridgehead atoms. The molecule has 0 aliphatic heterocycles. The summed E-state index contributed by atoms with van der Waals surface area (Å²) < 4.78 is 12.8. The molecule has 2 aromatic carbocycles. The van der Waals surface area contributed by atoms with Crippen molar-refractivity contribution in [2.24, 2.45) is 0 Å². The van der Waals surface area contributed by atoms with Gasteiger partial charge in [-0.2, -0.15) is 0 Å². The van der Waals surface area contributed by atoms with Crippen molar-refractivity contribution in [1.82, 2.24) is 4.57 Å². The van der Waals surface area contributed by atoms with E-state index in [0.29, 0.717) is 23.9 Å². The van der Waals surface area contributed by atoms with E-state index < -0.39 is 0 Å². The van der Waals surface area contributed by atoms with Crippen LogP contribution in [0.3, 0.4) is 0 Å². The van der Waals surface area contributed by atoms with Gasteiger partial charge in [0.2, 0.25) is 0 Å². The number of methoxy groups -OCH3 is 1. The molecule has 1 heterocycles. The average Bonchev–Trinajstić information content (AvgIpc) is 2.95. The highest BCUT2D eigenvalue weighted by molar-refractivity contribution is 8.00. The number of esters is 1. The van der Waals surface area contributed by atoms with E-state index in [1.54, 1.807) is 18.9 Å². The molecule has 0 spiro atoms. The van der Waals surface area contributed by atoms with Crippen LogP contribution >= 0.6 is 23.4 Å². The van der Waals surface area contributed by atoms with E-state index in [1.165, 1.54) is 0 Å². The monoisotopic (exact) mass is 431 g/mol. The number of rotatable bonds is 6. The van der Waals surface area contributed by atoms with Crippen molar-refractivity contribution in [3.8, 4) is 5.75 Å². The highest BCUT2D eigenvalue weighted by atomic mass is 35.5. The minimum atomic E-state index is -0.316. The predicted octanol–water partition coefficient (Wildman–Crippen LogP) is 6.42. The van der Waals surface area contributed by atoms with E-state index >= 15 is 0 Å². The smallest absolute Gasteiger partial charge is 0.356 e. The Bertz CT molecular complexity index is 1020. The first-order valence-corrected chi connectivity index (χ1v) is 10.7. The van der Waals surface area contributed by atoms with Gasteiger partial charge < -0.3 is 14.0 Å². The van der Waals surface area contributed by atoms with Gasteiger partial charge in [0.1, 0.15) is 11.4 Å². The molecule has 0 unspecified atom stereocenters. The van der Waals surface area contributed by atoms with Crippen molar-refractivity contribution in [3.63, 3.8) is 0 Å². The van der Waals surface area contributed by atoms with Crippen LogP contribution in [-0.4, -0.2) is 29.0 Å². The summed E-state index contributed by atoms with van der Waals surface area (Å²) in [7, 11) is 1.65. The fourth-order valence-electron chi connectivity index (χ4n) is 3.18. The summed E-state index contributed by atoms with van der Waals surface area (Å²) in [6.45, 7) is 9.09. The first kappa shape index (κ1) is 21.6. The quantitative estimate of drug-likeness (QED) is 0.333. The second kappa shape index (κ2) is 8.72. The van der Waals surface area contributed by atoms with Gasteiger partial charge in [0.15, 0.2) is 0 Å². The van der Waals surface area contributed by atoms with Crippen LogP contribution in [0.1, 0.15) is 43.7 Å². The molecule has 0 saturated heterocycles. The molecule has 0 fully saturated rings. The zero-order valence-corrected chi connectivity index (χ0v) is 19.0. The summed E-state index contributed by atoms with van der Waals surface area (Å²) in [6.07, 6.45) is 0. The van der Waals surface area contributed by atoms with Gasteiger partial charge in [0, 0.05) is 26.6 Å². The lowest BCUT2D eigenvalue weighted by Gasteiger charge is -2.18. The van der Waals surface area contributed by atoms with Crippen molar-refractivity contribution in [1.29, 1.82) is 0 Å². The molecule has 1 aromatic heterocycles. The number of hydrogen-bond acceptors (Lipinski definition) is 4. The summed E-state index contributed by atoms with van der Waals surface area (Å²) in [5.41, 5.74) is 2.60. The Morgan fingerprint density at radius 3 is 2.41 bits per heavy atom.